The predicted octanol–water partition coefficient (Wildman–Crippen LogP) is 3.91. The minimum absolute atomic E-state index is 0.925. The van der Waals surface area contributed by atoms with E-state index in [0.29, 0.717) is 0 Å². The van der Waals surface area contributed by atoms with Gasteiger partial charge < -0.3 is 11.7 Å². The zero-order valence-electron chi connectivity index (χ0n) is 15.2. The molecule has 25 heavy (non-hydrogen) atoms. The molecular formula is C13H21AlF5O3Si3. The molecule has 1 radical (unpaired) electrons. The summed E-state index contributed by atoms with van der Waals surface area (Å²) >= 11 is -1.65. The average molecular weight is 432 g/mol. The van der Waals surface area contributed by atoms with Gasteiger partial charge in [0, 0.05) is 0 Å². The van der Waals surface area contributed by atoms with E-state index in [1.54, 1.807) is 13.1 Å². The lowest BCUT2D eigenvalue weighted by Crippen LogP contribution is -2.53. The molecule has 3 nitrogen and oxygen atoms in total. The van der Waals surface area contributed by atoms with Gasteiger partial charge in [0.05, 0.1) is 0 Å². The van der Waals surface area contributed by atoms with Gasteiger partial charge in [0.25, 0.3) is 8.56 Å². The van der Waals surface area contributed by atoms with Gasteiger partial charge in [0.1, 0.15) is 0 Å². The summed E-state index contributed by atoms with van der Waals surface area (Å²) in [6.45, 7) is 13.0. The van der Waals surface area contributed by atoms with Gasteiger partial charge in [-0.05, 0) is 50.3 Å². The van der Waals surface area contributed by atoms with Crippen molar-refractivity contribution in [1.82, 2.24) is 0 Å². The molecule has 0 unspecified atom stereocenters. The van der Waals surface area contributed by atoms with Crippen LogP contribution in [0.15, 0.2) is 0 Å². The first-order valence-electron chi connectivity index (χ1n) is 7.49. The normalized spacial score (nSPS) is 13.3. The van der Waals surface area contributed by atoms with Crippen molar-refractivity contribution in [2.45, 2.75) is 45.8 Å². The smallest absolute Gasteiger partial charge is 0.467 e. The van der Waals surface area contributed by atoms with Gasteiger partial charge >= 0.3 is 24.1 Å². The Bertz CT molecular complexity index is 624. The fourth-order valence-electron chi connectivity index (χ4n) is 2.30. The first-order valence-corrected chi connectivity index (χ1v) is 17.6. The van der Waals surface area contributed by atoms with Crippen LogP contribution in [0.2, 0.25) is 45.8 Å². The second-order valence-electron chi connectivity index (χ2n) is 7.34. The molecule has 1 aromatic carbocycles. The molecule has 1 aromatic rings. The van der Waals surface area contributed by atoms with E-state index in [4.69, 9.17) is 11.7 Å². The number of hydrogen-bond donors (Lipinski definition) is 0. The highest BCUT2D eigenvalue weighted by atomic mass is 28.5. The molecule has 0 aliphatic carbocycles. The molecular weight excluding hydrogens is 410 g/mol. The van der Waals surface area contributed by atoms with E-state index in [0.717, 1.165) is 0 Å². The summed E-state index contributed by atoms with van der Waals surface area (Å²) in [6.07, 6.45) is 0. The van der Waals surface area contributed by atoms with Crippen LogP contribution in [-0.4, -0.2) is 41.0 Å². The molecule has 1 rings (SSSR count). The first-order chi connectivity index (χ1) is 11.1. The number of benzene rings is 1. The third-order valence-electron chi connectivity index (χ3n) is 2.75. The second kappa shape index (κ2) is 7.89. The Hall–Kier alpha value is -0.0669. The van der Waals surface area contributed by atoms with Crippen molar-refractivity contribution in [3.63, 3.8) is 0 Å². The lowest BCUT2D eigenvalue weighted by Gasteiger charge is -2.37. The van der Waals surface area contributed by atoms with Gasteiger partial charge in [-0.15, -0.1) is 0 Å². The van der Waals surface area contributed by atoms with E-state index in [2.05, 4.69) is 0 Å². The van der Waals surface area contributed by atoms with Crippen LogP contribution in [0.3, 0.4) is 0 Å². The molecule has 0 saturated carbocycles. The molecule has 0 fully saturated rings. The van der Waals surface area contributed by atoms with Gasteiger partial charge in [-0.2, -0.15) is 0 Å². The van der Waals surface area contributed by atoms with Crippen molar-refractivity contribution in [3.05, 3.63) is 29.1 Å². The Morgan fingerprint density at radius 2 is 1.00 bits per heavy atom. The second-order valence-corrected chi connectivity index (χ2v) is 20.5. The fraction of sp³-hybridized carbons (Fsp3) is 0.538. The van der Waals surface area contributed by atoms with Gasteiger partial charge in [0.15, 0.2) is 37.4 Å². The number of rotatable bonds is 7. The quantitative estimate of drug-likeness (QED) is 0.284. The van der Waals surface area contributed by atoms with Crippen molar-refractivity contribution < 1.29 is 33.7 Å². The van der Waals surface area contributed by atoms with Crippen molar-refractivity contribution in [3.8, 4) is 0 Å². The maximum atomic E-state index is 13.7. The topological polar surface area (TPSA) is 27.7 Å². The first kappa shape index (κ1) is 23.0. The Morgan fingerprint density at radius 1 is 0.600 bits per heavy atom. The molecule has 0 amide bonds. The molecule has 0 heterocycles. The number of halogens is 5. The van der Waals surface area contributed by atoms with Crippen LogP contribution in [0, 0.1) is 29.1 Å². The Balaban J connectivity index is 2.94. The van der Waals surface area contributed by atoms with E-state index in [9.17, 15) is 22.0 Å². The van der Waals surface area contributed by atoms with Crippen molar-refractivity contribution >= 4 is 45.4 Å². The van der Waals surface area contributed by atoms with Gasteiger partial charge in [-0.1, -0.05) is 0 Å². The van der Waals surface area contributed by atoms with Crippen molar-refractivity contribution in [1.29, 1.82) is 0 Å². The molecule has 0 aliphatic rings. The Morgan fingerprint density at radius 3 is 1.40 bits per heavy atom. The minimum atomic E-state index is -2.89. The maximum Gasteiger partial charge on any atom is 0.467 e. The Labute approximate surface area is 154 Å². The molecule has 0 aromatic heterocycles. The number of hydrogen-bond acceptors (Lipinski definition) is 3. The van der Waals surface area contributed by atoms with Crippen LogP contribution in [0.25, 0.3) is 0 Å². The van der Waals surface area contributed by atoms with E-state index in [1.807, 2.05) is 32.7 Å². The highest BCUT2D eigenvalue weighted by molar-refractivity contribution is 6.87. The van der Waals surface area contributed by atoms with E-state index in [-0.39, 0.29) is 0 Å². The van der Waals surface area contributed by atoms with Crippen LogP contribution in [0.5, 0.6) is 0 Å². The van der Waals surface area contributed by atoms with E-state index >= 15 is 0 Å². The van der Waals surface area contributed by atoms with Crippen LogP contribution in [-0.2, 0) is 11.7 Å². The summed E-state index contributed by atoms with van der Waals surface area (Å²) in [6, 6.07) is 0. The molecule has 0 N–H and O–H groups in total. The Kier molecular flexibility index (Phi) is 7.25. The maximum absolute atomic E-state index is 13.7. The monoisotopic (exact) mass is 431 g/mol. The largest absolute Gasteiger partial charge is 0.528 e. The molecule has 0 bridgehead atoms. The van der Waals surface area contributed by atoms with Crippen LogP contribution in [0.4, 0.5) is 22.0 Å². The summed E-state index contributed by atoms with van der Waals surface area (Å²) < 4.78 is 83.6. The SMILES string of the molecule is C[Si](C)(C)O[Si](C)(C)O[Si](C)(C)[O][Al][c]1c(F)c(F)c(F)c(F)c1F. The molecule has 141 valence electrons. The molecule has 0 saturated heterocycles. The standard InChI is InChI=1S/C7H21O3Si3.C6F5.Al/c1-11(2,3)9-13(6,7)10-12(4,5)8;7-2-1-3(8)5(10)6(11)4(2)9;/h1-7H3;;/q-1;;+1. The van der Waals surface area contributed by atoms with Gasteiger partial charge in [-0.3, -0.25) is 0 Å². The lowest BCUT2D eigenvalue weighted by molar-refractivity contribution is 0.338. The lowest BCUT2D eigenvalue weighted by atomic mass is 10.3. The summed E-state index contributed by atoms with van der Waals surface area (Å²) in [5.74, 6) is -9.83. The molecule has 0 atom stereocenters. The average Bonchev–Trinajstić information content (AvgIpc) is 2.38. The predicted molar refractivity (Wildman–Crippen MR) is 93.2 cm³/mol. The van der Waals surface area contributed by atoms with Crippen LogP contribution >= 0.6 is 0 Å². The molecule has 12 heteroatoms. The summed E-state index contributed by atoms with van der Waals surface area (Å²) in [4.78, 5) is 0. The minimum Gasteiger partial charge on any atom is -0.528 e. The summed E-state index contributed by atoms with van der Waals surface area (Å²) in [7, 11) is -7.31. The van der Waals surface area contributed by atoms with Gasteiger partial charge in [0.2, 0.25) is 0 Å². The third kappa shape index (κ3) is 6.55. The van der Waals surface area contributed by atoms with Crippen LogP contribution < -0.4 is 4.43 Å². The summed E-state index contributed by atoms with van der Waals surface area (Å²) in [5, 5.41) is 0. The van der Waals surface area contributed by atoms with E-state index < -0.39 is 74.5 Å². The van der Waals surface area contributed by atoms with Crippen molar-refractivity contribution in [2.24, 2.45) is 0 Å². The fourth-order valence-corrected chi connectivity index (χ4v) is 16.2. The highest BCUT2D eigenvalue weighted by Gasteiger charge is 2.39. The van der Waals surface area contributed by atoms with Crippen molar-refractivity contribution in [2.75, 3.05) is 0 Å². The summed E-state index contributed by atoms with van der Waals surface area (Å²) in [5.41, 5.74) is 0. The zero-order chi connectivity index (χ0) is 19.8. The van der Waals surface area contributed by atoms with Gasteiger partial charge in [-0.25, -0.2) is 22.0 Å². The van der Waals surface area contributed by atoms with E-state index in [1.165, 1.54) is 0 Å². The molecule has 0 spiro atoms. The highest BCUT2D eigenvalue weighted by Crippen LogP contribution is 2.21. The zero-order valence-corrected chi connectivity index (χ0v) is 19.3. The van der Waals surface area contributed by atoms with Crippen LogP contribution in [0.1, 0.15) is 0 Å². The molecule has 0 aliphatic heterocycles. The third-order valence-corrected chi connectivity index (χ3v) is 14.6.